The summed E-state index contributed by atoms with van der Waals surface area (Å²) in [6, 6.07) is 8.83. The summed E-state index contributed by atoms with van der Waals surface area (Å²) in [6.45, 7) is 7.58. The molecule has 0 atom stereocenters. The molecule has 2 aromatic rings. The minimum atomic E-state index is 0. The average Bonchev–Trinajstić information content (AvgIpc) is 3.35. The van der Waals surface area contributed by atoms with Gasteiger partial charge in [0, 0.05) is 34.8 Å². The van der Waals surface area contributed by atoms with Crippen LogP contribution in [0.3, 0.4) is 0 Å². The van der Waals surface area contributed by atoms with E-state index in [1.165, 1.54) is 40.6 Å². The van der Waals surface area contributed by atoms with Crippen LogP contribution in [0.15, 0.2) is 34.6 Å². The number of nitrogens with zero attached hydrogens (tertiary/aromatic N) is 2. The van der Waals surface area contributed by atoms with Crippen molar-refractivity contribution in [1.29, 1.82) is 0 Å². The summed E-state index contributed by atoms with van der Waals surface area (Å²) < 4.78 is 0. The lowest BCUT2D eigenvalue weighted by Crippen LogP contribution is -2.42. The van der Waals surface area contributed by atoms with Gasteiger partial charge in [-0.3, -0.25) is 9.89 Å². The topological polar surface area (TPSA) is 39.7 Å². The van der Waals surface area contributed by atoms with Crippen molar-refractivity contribution < 1.29 is 0 Å². The van der Waals surface area contributed by atoms with Gasteiger partial charge in [-0.1, -0.05) is 13.0 Å². The Kier molecular flexibility index (Phi) is 10.1. The van der Waals surface area contributed by atoms with Gasteiger partial charge >= 0.3 is 0 Å². The lowest BCUT2D eigenvalue weighted by Gasteiger charge is -2.32. The van der Waals surface area contributed by atoms with Crippen LogP contribution in [0, 0.1) is 5.92 Å². The molecule has 2 N–H and O–H groups in total. The number of aliphatic imine (C=N–C) groups is 1. The number of hydrogen-bond acceptors (Lipinski definition) is 4. The largest absolute Gasteiger partial charge is 0.356 e. The Hall–Kier alpha value is -0.640. The summed E-state index contributed by atoms with van der Waals surface area (Å²) in [5.74, 6) is 1.65. The van der Waals surface area contributed by atoms with Crippen LogP contribution in [-0.2, 0) is 19.5 Å². The van der Waals surface area contributed by atoms with E-state index >= 15 is 0 Å². The third-order valence-corrected chi connectivity index (χ3v) is 7.04. The van der Waals surface area contributed by atoms with Crippen molar-refractivity contribution in [2.24, 2.45) is 10.9 Å². The Balaban J connectivity index is 0.00000261. The first kappa shape index (κ1) is 22.6. The van der Waals surface area contributed by atoms with Crippen LogP contribution in [0.5, 0.6) is 0 Å². The van der Waals surface area contributed by atoms with Gasteiger partial charge < -0.3 is 10.6 Å². The molecular formula is C20H31IN4S2. The van der Waals surface area contributed by atoms with Crippen molar-refractivity contribution >= 4 is 52.6 Å². The number of guanidine groups is 1. The second-order valence-electron chi connectivity index (χ2n) is 6.83. The van der Waals surface area contributed by atoms with Gasteiger partial charge in [0.05, 0.1) is 6.54 Å². The molecule has 0 unspecified atom stereocenters. The van der Waals surface area contributed by atoms with Gasteiger partial charge in [0.25, 0.3) is 0 Å². The fourth-order valence-electron chi connectivity index (χ4n) is 3.31. The molecule has 0 amide bonds. The van der Waals surface area contributed by atoms with E-state index in [0.717, 1.165) is 37.9 Å². The highest BCUT2D eigenvalue weighted by Gasteiger charge is 2.19. The van der Waals surface area contributed by atoms with E-state index < -0.39 is 0 Å². The van der Waals surface area contributed by atoms with E-state index in [1.807, 2.05) is 29.7 Å². The van der Waals surface area contributed by atoms with E-state index in [1.54, 1.807) is 0 Å². The van der Waals surface area contributed by atoms with Crippen LogP contribution in [0.2, 0.25) is 0 Å². The van der Waals surface area contributed by atoms with Crippen LogP contribution < -0.4 is 10.6 Å². The monoisotopic (exact) mass is 518 g/mol. The first-order valence-electron chi connectivity index (χ1n) is 9.53. The van der Waals surface area contributed by atoms with Gasteiger partial charge in [-0.25, -0.2) is 0 Å². The summed E-state index contributed by atoms with van der Waals surface area (Å²) in [5, 5.41) is 9.13. The molecule has 0 aliphatic carbocycles. The highest BCUT2D eigenvalue weighted by molar-refractivity contribution is 14.0. The zero-order chi connectivity index (χ0) is 18.2. The third-order valence-electron chi connectivity index (χ3n) is 4.94. The van der Waals surface area contributed by atoms with Crippen LogP contribution in [0.1, 0.15) is 34.4 Å². The molecule has 0 saturated carbocycles. The molecule has 2 aromatic heterocycles. The molecule has 150 valence electrons. The first-order valence-corrected chi connectivity index (χ1v) is 11.2. The zero-order valence-electron chi connectivity index (χ0n) is 16.2. The molecule has 0 bridgehead atoms. The number of hydrogen-bond donors (Lipinski definition) is 2. The summed E-state index contributed by atoms with van der Waals surface area (Å²) in [7, 11) is 1.85. The van der Waals surface area contributed by atoms with Crippen LogP contribution in [-0.4, -0.2) is 37.5 Å². The standard InChI is InChI=1S/C20H30N4S2.HI/c1-3-17-6-7-18(26-17)14-23-20(21-2)22-13-16-8-10-24(11-9-16)15-19-5-4-12-25-19;/h4-7,12,16H,3,8-11,13-15H2,1-2H3,(H2,21,22,23);1H. The molecule has 0 radical (unpaired) electrons. The predicted molar refractivity (Wildman–Crippen MR) is 130 cm³/mol. The third kappa shape index (κ3) is 7.36. The maximum Gasteiger partial charge on any atom is 0.191 e. The molecule has 1 fully saturated rings. The SMILES string of the molecule is CCc1ccc(CNC(=NC)NCC2CCN(Cc3cccs3)CC2)s1.I. The molecule has 1 aliphatic heterocycles. The first-order chi connectivity index (χ1) is 12.8. The maximum absolute atomic E-state index is 4.37. The number of aryl methyl sites for hydroxylation is 1. The number of likely N-dealkylation sites (tertiary alicyclic amines) is 1. The predicted octanol–water partition coefficient (Wildman–Crippen LogP) is 4.57. The van der Waals surface area contributed by atoms with Gasteiger partial charge in [0.15, 0.2) is 5.96 Å². The van der Waals surface area contributed by atoms with Crippen molar-refractivity contribution in [3.05, 3.63) is 44.3 Å². The quantitative estimate of drug-likeness (QED) is 0.321. The highest BCUT2D eigenvalue weighted by atomic mass is 127. The number of nitrogens with one attached hydrogen (secondary N) is 2. The minimum Gasteiger partial charge on any atom is -0.356 e. The van der Waals surface area contributed by atoms with Crippen LogP contribution in [0.4, 0.5) is 0 Å². The second-order valence-corrected chi connectivity index (χ2v) is 9.11. The Morgan fingerprint density at radius 1 is 1.15 bits per heavy atom. The van der Waals surface area contributed by atoms with Gasteiger partial charge in [0.1, 0.15) is 0 Å². The molecule has 7 heteroatoms. The summed E-state index contributed by atoms with van der Waals surface area (Å²) in [4.78, 5) is 11.2. The Labute approximate surface area is 188 Å². The maximum atomic E-state index is 4.37. The molecule has 4 nitrogen and oxygen atoms in total. The summed E-state index contributed by atoms with van der Waals surface area (Å²) in [5.41, 5.74) is 0. The molecule has 3 heterocycles. The zero-order valence-corrected chi connectivity index (χ0v) is 20.2. The van der Waals surface area contributed by atoms with Crippen LogP contribution >= 0.6 is 46.7 Å². The Bertz CT molecular complexity index is 676. The highest BCUT2D eigenvalue weighted by Crippen LogP contribution is 2.20. The fourth-order valence-corrected chi connectivity index (χ4v) is 4.96. The van der Waals surface area contributed by atoms with Crippen molar-refractivity contribution in [2.75, 3.05) is 26.7 Å². The van der Waals surface area contributed by atoms with Crippen molar-refractivity contribution in [3.63, 3.8) is 0 Å². The molecule has 3 rings (SSSR count). The van der Waals surface area contributed by atoms with Gasteiger partial charge in [-0.05, 0) is 61.8 Å². The van der Waals surface area contributed by atoms with E-state index in [4.69, 9.17) is 0 Å². The van der Waals surface area contributed by atoms with Gasteiger partial charge in [0.2, 0.25) is 0 Å². The Morgan fingerprint density at radius 3 is 2.56 bits per heavy atom. The Morgan fingerprint density at radius 2 is 1.93 bits per heavy atom. The lowest BCUT2D eigenvalue weighted by molar-refractivity contribution is 0.179. The molecular weight excluding hydrogens is 487 g/mol. The molecule has 0 aromatic carbocycles. The lowest BCUT2D eigenvalue weighted by atomic mass is 9.97. The molecule has 1 aliphatic rings. The van der Waals surface area contributed by atoms with E-state index in [9.17, 15) is 0 Å². The van der Waals surface area contributed by atoms with E-state index in [0.29, 0.717) is 0 Å². The van der Waals surface area contributed by atoms with Crippen molar-refractivity contribution in [1.82, 2.24) is 15.5 Å². The molecule has 1 saturated heterocycles. The number of rotatable bonds is 7. The van der Waals surface area contributed by atoms with E-state index in [-0.39, 0.29) is 24.0 Å². The fraction of sp³-hybridized carbons (Fsp3) is 0.550. The number of thiophene rings is 2. The molecule has 27 heavy (non-hydrogen) atoms. The smallest absolute Gasteiger partial charge is 0.191 e. The van der Waals surface area contributed by atoms with Crippen molar-refractivity contribution in [2.45, 2.75) is 39.3 Å². The molecule has 0 spiro atoms. The number of halogens is 1. The minimum absolute atomic E-state index is 0. The summed E-state index contributed by atoms with van der Waals surface area (Å²) >= 11 is 3.75. The number of piperidine rings is 1. The van der Waals surface area contributed by atoms with E-state index in [2.05, 4.69) is 57.1 Å². The van der Waals surface area contributed by atoms with Gasteiger partial charge in [-0.2, -0.15) is 0 Å². The van der Waals surface area contributed by atoms with Gasteiger partial charge in [-0.15, -0.1) is 46.7 Å². The normalized spacial score (nSPS) is 16.1. The van der Waals surface area contributed by atoms with Crippen molar-refractivity contribution in [3.8, 4) is 0 Å². The second kappa shape index (κ2) is 12.0. The van der Waals surface area contributed by atoms with Crippen LogP contribution in [0.25, 0.3) is 0 Å². The average molecular weight is 519 g/mol. The summed E-state index contributed by atoms with van der Waals surface area (Å²) in [6.07, 6.45) is 3.64.